The molecule has 5 heteroatoms. The van der Waals surface area contributed by atoms with E-state index in [0.29, 0.717) is 6.61 Å². The van der Waals surface area contributed by atoms with E-state index in [1.165, 1.54) is 0 Å². The van der Waals surface area contributed by atoms with E-state index in [9.17, 15) is 0 Å². The van der Waals surface area contributed by atoms with E-state index < -0.39 is 0 Å². The molecule has 1 heterocycles. The fraction of sp³-hybridized carbons (Fsp3) is 0.400. The summed E-state index contributed by atoms with van der Waals surface area (Å²) in [5, 5.41) is 4.44. The van der Waals surface area contributed by atoms with Gasteiger partial charge in [-0.15, -0.1) is 0 Å². The van der Waals surface area contributed by atoms with Crippen molar-refractivity contribution >= 4 is 0 Å². The third kappa shape index (κ3) is 3.82. The molecule has 108 valence electrons. The number of para-hydroxylation sites is 1. The Morgan fingerprint density at radius 1 is 1.35 bits per heavy atom. The van der Waals surface area contributed by atoms with E-state index in [1.807, 2.05) is 42.1 Å². The first-order valence-corrected chi connectivity index (χ1v) is 6.88. The van der Waals surface area contributed by atoms with Gasteiger partial charge in [-0.05, 0) is 24.6 Å². The van der Waals surface area contributed by atoms with Crippen molar-refractivity contribution in [1.82, 2.24) is 15.2 Å². The Labute approximate surface area is 119 Å². The van der Waals surface area contributed by atoms with Gasteiger partial charge in [0.15, 0.2) is 0 Å². The minimum Gasteiger partial charge on any atom is -0.492 e. The van der Waals surface area contributed by atoms with Gasteiger partial charge in [-0.25, -0.2) is 0 Å². The first-order chi connectivity index (χ1) is 9.72. The van der Waals surface area contributed by atoms with Gasteiger partial charge in [-0.3, -0.25) is 16.0 Å². The van der Waals surface area contributed by atoms with Gasteiger partial charge in [0, 0.05) is 19.2 Å². The van der Waals surface area contributed by atoms with Crippen LogP contribution < -0.4 is 16.0 Å². The number of hydrogen-bond donors (Lipinski definition) is 2. The predicted octanol–water partition coefficient (Wildman–Crippen LogP) is 1.44. The molecule has 1 unspecified atom stereocenters. The normalized spacial score (nSPS) is 12.3. The number of hydrazine groups is 1. The lowest BCUT2D eigenvalue weighted by atomic mass is 10.1. The highest BCUT2D eigenvalue weighted by atomic mass is 16.5. The van der Waals surface area contributed by atoms with Crippen LogP contribution in [0.25, 0.3) is 0 Å². The molecule has 1 atom stereocenters. The molecule has 5 nitrogen and oxygen atoms in total. The maximum Gasteiger partial charge on any atom is 0.119 e. The molecule has 0 bridgehead atoms. The SMILES string of the molecule is CCc1cc(CC(COc2ccccc2)NN)n(C)n1. The number of ether oxygens (including phenoxy) is 1. The van der Waals surface area contributed by atoms with E-state index in [1.54, 1.807) is 0 Å². The maximum absolute atomic E-state index is 5.73. The monoisotopic (exact) mass is 274 g/mol. The third-order valence-electron chi connectivity index (χ3n) is 3.28. The first kappa shape index (κ1) is 14.6. The first-order valence-electron chi connectivity index (χ1n) is 6.88. The summed E-state index contributed by atoms with van der Waals surface area (Å²) in [6, 6.07) is 11.9. The van der Waals surface area contributed by atoms with Crippen LogP contribution in [0, 0.1) is 0 Å². The van der Waals surface area contributed by atoms with Crippen LogP contribution in [0.1, 0.15) is 18.3 Å². The van der Waals surface area contributed by atoms with Crippen molar-refractivity contribution in [2.24, 2.45) is 12.9 Å². The van der Waals surface area contributed by atoms with Crippen molar-refractivity contribution in [3.8, 4) is 5.75 Å². The van der Waals surface area contributed by atoms with E-state index in [2.05, 4.69) is 23.5 Å². The largest absolute Gasteiger partial charge is 0.492 e. The van der Waals surface area contributed by atoms with Crippen LogP contribution in [0.2, 0.25) is 0 Å². The number of rotatable bonds is 7. The number of aryl methyl sites for hydroxylation is 2. The molecular formula is C15H22N4O. The van der Waals surface area contributed by atoms with Crippen LogP contribution >= 0.6 is 0 Å². The second-order valence-corrected chi connectivity index (χ2v) is 4.80. The van der Waals surface area contributed by atoms with Crippen LogP contribution in [-0.4, -0.2) is 22.4 Å². The summed E-state index contributed by atoms with van der Waals surface area (Å²) in [4.78, 5) is 0. The van der Waals surface area contributed by atoms with Gasteiger partial charge in [0.1, 0.15) is 12.4 Å². The molecule has 0 amide bonds. The van der Waals surface area contributed by atoms with Gasteiger partial charge in [0.25, 0.3) is 0 Å². The highest BCUT2D eigenvalue weighted by Gasteiger charge is 2.12. The number of benzene rings is 1. The average Bonchev–Trinajstić information content (AvgIpc) is 2.84. The van der Waals surface area contributed by atoms with E-state index in [-0.39, 0.29) is 6.04 Å². The molecule has 0 radical (unpaired) electrons. The molecule has 0 aliphatic carbocycles. The summed E-state index contributed by atoms with van der Waals surface area (Å²) in [6.45, 7) is 2.62. The Balaban J connectivity index is 1.93. The minimum atomic E-state index is 0.0512. The smallest absolute Gasteiger partial charge is 0.119 e. The van der Waals surface area contributed by atoms with Crippen LogP contribution in [0.4, 0.5) is 0 Å². The third-order valence-corrected chi connectivity index (χ3v) is 3.28. The lowest BCUT2D eigenvalue weighted by Gasteiger charge is -2.16. The van der Waals surface area contributed by atoms with Crippen molar-refractivity contribution in [3.05, 3.63) is 47.8 Å². The molecule has 2 rings (SSSR count). The van der Waals surface area contributed by atoms with Crippen LogP contribution in [-0.2, 0) is 19.9 Å². The van der Waals surface area contributed by atoms with Crippen molar-refractivity contribution in [2.75, 3.05) is 6.61 Å². The van der Waals surface area contributed by atoms with Crippen molar-refractivity contribution in [1.29, 1.82) is 0 Å². The van der Waals surface area contributed by atoms with Crippen LogP contribution in [0.15, 0.2) is 36.4 Å². The van der Waals surface area contributed by atoms with Gasteiger partial charge in [-0.1, -0.05) is 25.1 Å². The van der Waals surface area contributed by atoms with Crippen molar-refractivity contribution in [3.63, 3.8) is 0 Å². The number of hydrogen-bond acceptors (Lipinski definition) is 4. The van der Waals surface area contributed by atoms with Crippen molar-refractivity contribution < 1.29 is 4.74 Å². The summed E-state index contributed by atoms with van der Waals surface area (Å²) in [5.74, 6) is 6.47. The Hall–Kier alpha value is -1.85. The summed E-state index contributed by atoms with van der Waals surface area (Å²) in [6.07, 6.45) is 1.72. The number of aromatic nitrogens is 2. The van der Waals surface area contributed by atoms with E-state index in [0.717, 1.165) is 30.0 Å². The lowest BCUT2D eigenvalue weighted by Crippen LogP contribution is -2.41. The second kappa shape index (κ2) is 7.07. The zero-order chi connectivity index (χ0) is 14.4. The molecule has 0 fully saturated rings. The second-order valence-electron chi connectivity index (χ2n) is 4.80. The molecule has 2 aromatic rings. The van der Waals surface area contributed by atoms with Gasteiger partial charge in [0.05, 0.1) is 11.7 Å². The molecule has 3 N–H and O–H groups in total. The number of nitrogens with two attached hydrogens (primary N) is 1. The average molecular weight is 274 g/mol. The highest BCUT2D eigenvalue weighted by Crippen LogP contribution is 2.11. The highest BCUT2D eigenvalue weighted by molar-refractivity contribution is 5.21. The standard InChI is InChI=1S/C15H22N4O/c1-3-12-9-14(19(2)18-12)10-13(17-16)11-20-15-7-5-4-6-8-15/h4-9,13,17H,3,10-11,16H2,1-2H3. The summed E-state index contributed by atoms with van der Waals surface area (Å²) < 4.78 is 7.64. The van der Waals surface area contributed by atoms with Gasteiger partial charge >= 0.3 is 0 Å². The van der Waals surface area contributed by atoms with Crippen molar-refractivity contribution in [2.45, 2.75) is 25.8 Å². The van der Waals surface area contributed by atoms with E-state index >= 15 is 0 Å². The number of nitrogens with one attached hydrogen (secondary N) is 1. The Kier molecular flexibility index (Phi) is 5.15. The fourth-order valence-corrected chi connectivity index (χ4v) is 2.07. The van der Waals surface area contributed by atoms with Gasteiger partial charge in [-0.2, -0.15) is 5.10 Å². The molecule has 0 spiro atoms. The Morgan fingerprint density at radius 3 is 2.70 bits per heavy atom. The molecule has 0 aliphatic heterocycles. The predicted molar refractivity (Wildman–Crippen MR) is 79.3 cm³/mol. The summed E-state index contributed by atoms with van der Waals surface area (Å²) in [7, 11) is 1.96. The minimum absolute atomic E-state index is 0.0512. The summed E-state index contributed by atoms with van der Waals surface area (Å²) >= 11 is 0. The Bertz CT molecular complexity index is 524. The fourth-order valence-electron chi connectivity index (χ4n) is 2.07. The van der Waals surface area contributed by atoms with Crippen LogP contribution in [0.5, 0.6) is 5.75 Å². The van der Waals surface area contributed by atoms with Gasteiger partial charge < -0.3 is 4.74 Å². The quantitative estimate of drug-likeness (QED) is 0.592. The zero-order valence-corrected chi connectivity index (χ0v) is 12.0. The zero-order valence-electron chi connectivity index (χ0n) is 12.0. The Morgan fingerprint density at radius 2 is 2.10 bits per heavy atom. The topological polar surface area (TPSA) is 65.1 Å². The molecule has 1 aromatic carbocycles. The van der Waals surface area contributed by atoms with E-state index in [4.69, 9.17) is 10.6 Å². The number of nitrogens with zero attached hydrogens (tertiary/aromatic N) is 2. The van der Waals surface area contributed by atoms with Gasteiger partial charge in [0.2, 0.25) is 0 Å². The molecule has 20 heavy (non-hydrogen) atoms. The molecule has 0 saturated heterocycles. The molecular weight excluding hydrogens is 252 g/mol. The van der Waals surface area contributed by atoms with Crippen LogP contribution in [0.3, 0.4) is 0 Å². The summed E-state index contributed by atoms with van der Waals surface area (Å²) in [5.41, 5.74) is 5.06. The molecule has 0 aliphatic rings. The molecule has 0 saturated carbocycles. The lowest BCUT2D eigenvalue weighted by molar-refractivity contribution is 0.262. The maximum atomic E-state index is 5.73. The molecule has 1 aromatic heterocycles.